The van der Waals surface area contributed by atoms with Gasteiger partial charge < -0.3 is 19.7 Å². The first-order valence-electron chi connectivity index (χ1n) is 7.34. The normalized spacial score (nSPS) is 9.57. The fourth-order valence-electron chi connectivity index (χ4n) is 1.86. The van der Waals surface area contributed by atoms with Crippen LogP contribution in [0.3, 0.4) is 0 Å². The van der Waals surface area contributed by atoms with Crippen molar-refractivity contribution in [3.05, 3.63) is 65.8 Å². The maximum absolute atomic E-state index is 11.2. The quantitative estimate of drug-likeness (QED) is 0.397. The van der Waals surface area contributed by atoms with Crippen LogP contribution in [0, 0.1) is 7.14 Å². The molecule has 0 radical (unpaired) electrons. The van der Waals surface area contributed by atoms with E-state index in [2.05, 4.69) is 9.47 Å². The number of ether oxygens (including phenoxy) is 2. The molecule has 0 heterocycles. The first-order valence-corrected chi connectivity index (χ1v) is 9.50. The summed E-state index contributed by atoms with van der Waals surface area (Å²) in [5.74, 6) is -2.96. The Morgan fingerprint density at radius 1 is 0.714 bits per heavy atom. The predicted octanol–water partition coefficient (Wildman–Crippen LogP) is 3.55. The van der Waals surface area contributed by atoms with Crippen molar-refractivity contribution in [1.82, 2.24) is 0 Å². The number of hydrogen-bond donors (Lipinski definition) is 2. The summed E-state index contributed by atoms with van der Waals surface area (Å²) >= 11 is 3.76. The SMILES string of the molecule is COC(=O)c1ccc(C(=O)OC)c(I)c1.O=C(O)c1ccc(C(=O)O)c(I)c1. The third-order valence-corrected chi connectivity index (χ3v) is 5.03. The number of carbonyl (C=O) groups is 4. The molecule has 0 amide bonds. The lowest BCUT2D eigenvalue weighted by Gasteiger charge is -2.04. The summed E-state index contributed by atoms with van der Waals surface area (Å²) in [6.07, 6.45) is 0. The van der Waals surface area contributed by atoms with Crippen LogP contribution >= 0.6 is 45.2 Å². The average molecular weight is 612 g/mol. The Labute approximate surface area is 187 Å². The lowest BCUT2D eigenvalue weighted by Crippen LogP contribution is -2.07. The summed E-state index contributed by atoms with van der Waals surface area (Å²) in [5, 5.41) is 17.2. The number of esters is 2. The summed E-state index contributed by atoms with van der Waals surface area (Å²) in [6.45, 7) is 0. The minimum absolute atomic E-state index is 0.0920. The van der Waals surface area contributed by atoms with Gasteiger partial charge in [-0.05, 0) is 81.6 Å². The molecule has 0 bridgehead atoms. The Morgan fingerprint density at radius 3 is 1.61 bits per heavy atom. The molecule has 0 saturated heterocycles. The standard InChI is InChI=1S/C10H9IO4.C8H5IO4/c1-14-9(12)6-3-4-7(8(11)5-6)10(13)15-2;9-6-3-4(7(10)11)1-2-5(6)8(12)13/h3-5H,1-2H3;1-3H,(H,10,11)(H,12,13). The van der Waals surface area contributed by atoms with Crippen molar-refractivity contribution >= 4 is 69.1 Å². The molecular weight excluding hydrogens is 598 g/mol. The maximum atomic E-state index is 11.2. The van der Waals surface area contributed by atoms with Crippen molar-refractivity contribution < 1.29 is 38.9 Å². The lowest BCUT2D eigenvalue weighted by atomic mass is 10.1. The van der Waals surface area contributed by atoms with Gasteiger partial charge in [0.15, 0.2) is 0 Å². The molecule has 0 aliphatic carbocycles. The molecule has 28 heavy (non-hydrogen) atoms. The van der Waals surface area contributed by atoms with Crippen LogP contribution in [-0.4, -0.2) is 48.3 Å². The monoisotopic (exact) mass is 612 g/mol. The third-order valence-electron chi connectivity index (χ3n) is 3.24. The molecular formula is C18H14I2O8. The smallest absolute Gasteiger partial charge is 0.338 e. The lowest BCUT2D eigenvalue weighted by molar-refractivity contribution is 0.0585. The molecule has 0 unspecified atom stereocenters. The van der Waals surface area contributed by atoms with Crippen LogP contribution in [0.5, 0.6) is 0 Å². The van der Waals surface area contributed by atoms with Gasteiger partial charge in [-0.15, -0.1) is 0 Å². The third kappa shape index (κ3) is 6.44. The number of carboxylic acids is 2. The van der Waals surface area contributed by atoms with Crippen LogP contribution < -0.4 is 0 Å². The van der Waals surface area contributed by atoms with Gasteiger partial charge in [-0.2, -0.15) is 0 Å². The predicted molar refractivity (Wildman–Crippen MR) is 115 cm³/mol. The zero-order chi connectivity index (χ0) is 21.4. The van der Waals surface area contributed by atoms with E-state index in [9.17, 15) is 19.2 Å². The van der Waals surface area contributed by atoms with E-state index in [-0.39, 0.29) is 11.1 Å². The van der Waals surface area contributed by atoms with Gasteiger partial charge in [-0.3, -0.25) is 0 Å². The Bertz CT molecular complexity index is 924. The molecule has 8 nitrogen and oxygen atoms in total. The van der Waals surface area contributed by atoms with Gasteiger partial charge in [0.05, 0.1) is 36.5 Å². The van der Waals surface area contributed by atoms with E-state index in [1.165, 1.54) is 38.5 Å². The van der Waals surface area contributed by atoms with Gasteiger partial charge in [0.2, 0.25) is 0 Å². The van der Waals surface area contributed by atoms with E-state index in [1.54, 1.807) is 34.7 Å². The number of hydrogen-bond acceptors (Lipinski definition) is 6. The molecule has 0 fully saturated rings. The highest BCUT2D eigenvalue weighted by atomic mass is 127. The van der Waals surface area contributed by atoms with E-state index < -0.39 is 23.9 Å². The van der Waals surface area contributed by atoms with Gasteiger partial charge in [0.1, 0.15) is 0 Å². The van der Waals surface area contributed by atoms with Crippen molar-refractivity contribution in [3.63, 3.8) is 0 Å². The number of aromatic carboxylic acids is 2. The number of carbonyl (C=O) groups excluding carboxylic acids is 2. The molecule has 0 saturated carbocycles. The van der Waals surface area contributed by atoms with Crippen molar-refractivity contribution in [2.75, 3.05) is 14.2 Å². The Morgan fingerprint density at radius 2 is 1.18 bits per heavy atom. The van der Waals surface area contributed by atoms with Crippen LogP contribution in [0.1, 0.15) is 41.4 Å². The number of methoxy groups -OCH3 is 2. The second-order valence-electron chi connectivity index (χ2n) is 4.98. The summed E-state index contributed by atoms with van der Waals surface area (Å²) < 4.78 is 10.2. The fourth-order valence-corrected chi connectivity index (χ4v) is 3.34. The molecule has 2 rings (SSSR count). The van der Waals surface area contributed by atoms with Crippen molar-refractivity contribution in [3.8, 4) is 0 Å². The fraction of sp³-hybridized carbons (Fsp3) is 0.111. The topological polar surface area (TPSA) is 127 Å². The van der Waals surface area contributed by atoms with Gasteiger partial charge in [0, 0.05) is 7.14 Å². The van der Waals surface area contributed by atoms with Crippen LogP contribution in [0.2, 0.25) is 0 Å². The number of carboxylic acid groups (broad SMARTS) is 2. The summed E-state index contributed by atoms with van der Waals surface area (Å²) in [6, 6.07) is 8.53. The Kier molecular flexibility index (Phi) is 9.31. The van der Waals surface area contributed by atoms with E-state index in [4.69, 9.17) is 10.2 Å². The second-order valence-corrected chi connectivity index (χ2v) is 7.31. The molecule has 0 aromatic heterocycles. The molecule has 0 aliphatic rings. The summed E-state index contributed by atoms with van der Waals surface area (Å²) in [7, 11) is 2.62. The molecule has 2 N–H and O–H groups in total. The van der Waals surface area contributed by atoms with E-state index in [0.29, 0.717) is 18.3 Å². The first-order chi connectivity index (χ1) is 13.1. The minimum atomic E-state index is -1.06. The Balaban J connectivity index is 0.000000283. The number of halogens is 2. The van der Waals surface area contributed by atoms with Crippen LogP contribution in [0.15, 0.2) is 36.4 Å². The number of rotatable bonds is 4. The molecule has 0 atom stereocenters. The van der Waals surface area contributed by atoms with Crippen LogP contribution in [0.4, 0.5) is 0 Å². The molecule has 0 spiro atoms. The van der Waals surface area contributed by atoms with E-state index in [1.807, 2.05) is 22.6 Å². The second kappa shape index (κ2) is 10.9. The van der Waals surface area contributed by atoms with Crippen LogP contribution in [0.25, 0.3) is 0 Å². The number of benzene rings is 2. The van der Waals surface area contributed by atoms with Gasteiger partial charge in [-0.1, -0.05) is 0 Å². The molecule has 10 heteroatoms. The summed E-state index contributed by atoms with van der Waals surface area (Å²) in [5.41, 5.74) is 1.06. The minimum Gasteiger partial charge on any atom is -0.478 e. The molecule has 0 aliphatic heterocycles. The largest absolute Gasteiger partial charge is 0.478 e. The molecule has 2 aromatic carbocycles. The maximum Gasteiger partial charge on any atom is 0.338 e. The molecule has 2 aromatic rings. The zero-order valence-electron chi connectivity index (χ0n) is 14.6. The highest BCUT2D eigenvalue weighted by molar-refractivity contribution is 14.1. The highest BCUT2D eigenvalue weighted by Crippen LogP contribution is 2.16. The molecule has 148 valence electrons. The van der Waals surface area contributed by atoms with Gasteiger partial charge in [0.25, 0.3) is 0 Å². The van der Waals surface area contributed by atoms with Crippen molar-refractivity contribution in [2.24, 2.45) is 0 Å². The van der Waals surface area contributed by atoms with Gasteiger partial charge >= 0.3 is 23.9 Å². The zero-order valence-corrected chi connectivity index (χ0v) is 18.9. The Hall–Kier alpha value is -2.22. The van der Waals surface area contributed by atoms with Gasteiger partial charge in [-0.25, -0.2) is 19.2 Å². The van der Waals surface area contributed by atoms with E-state index >= 15 is 0 Å². The first kappa shape index (κ1) is 23.8. The van der Waals surface area contributed by atoms with Crippen molar-refractivity contribution in [2.45, 2.75) is 0 Å². The van der Waals surface area contributed by atoms with Crippen molar-refractivity contribution in [1.29, 1.82) is 0 Å². The highest BCUT2D eigenvalue weighted by Gasteiger charge is 2.13. The van der Waals surface area contributed by atoms with Crippen LogP contribution in [-0.2, 0) is 9.47 Å². The average Bonchev–Trinajstić information content (AvgIpc) is 2.66. The summed E-state index contributed by atoms with van der Waals surface area (Å²) in [4.78, 5) is 43.5. The van der Waals surface area contributed by atoms with E-state index in [0.717, 1.165) is 0 Å².